The molecule has 0 aliphatic rings. The summed E-state index contributed by atoms with van der Waals surface area (Å²) >= 11 is 0. The van der Waals surface area contributed by atoms with Crippen molar-refractivity contribution in [3.63, 3.8) is 0 Å². The minimum Gasteiger partial charge on any atom is -0.497 e. The maximum Gasteiger partial charge on any atom is 0.237 e. The van der Waals surface area contributed by atoms with Gasteiger partial charge in [-0.25, -0.2) is 0 Å². The molecule has 19 heavy (non-hydrogen) atoms. The molecule has 1 amide bonds. The van der Waals surface area contributed by atoms with Crippen LogP contribution in [0.4, 0.5) is 0 Å². The van der Waals surface area contributed by atoms with Gasteiger partial charge in [0.2, 0.25) is 5.91 Å². The molecule has 0 spiro atoms. The van der Waals surface area contributed by atoms with Gasteiger partial charge < -0.3 is 10.1 Å². The molecule has 0 saturated heterocycles. The maximum atomic E-state index is 11.8. The number of nitrogens with one attached hydrogen (secondary N) is 2. The van der Waals surface area contributed by atoms with Gasteiger partial charge in [0.25, 0.3) is 0 Å². The summed E-state index contributed by atoms with van der Waals surface area (Å²) in [4.78, 5) is 11.8. The number of benzene rings is 1. The van der Waals surface area contributed by atoms with E-state index in [0.717, 1.165) is 11.3 Å². The van der Waals surface area contributed by atoms with Crippen molar-refractivity contribution >= 4 is 5.91 Å². The van der Waals surface area contributed by atoms with E-state index in [0.29, 0.717) is 0 Å². The number of amides is 1. The van der Waals surface area contributed by atoms with Gasteiger partial charge >= 0.3 is 0 Å². The maximum absolute atomic E-state index is 11.8. The molecule has 4 nitrogen and oxygen atoms in total. The lowest BCUT2D eigenvalue weighted by Gasteiger charge is -2.21. The van der Waals surface area contributed by atoms with Crippen LogP contribution in [0.15, 0.2) is 24.3 Å². The molecule has 1 aromatic rings. The Labute approximate surface area is 115 Å². The third kappa shape index (κ3) is 4.91. The monoisotopic (exact) mass is 264 g/mol. The summed E-state index contributed by atoms with van der Waals surface area (Å²) in [5.41, 5.74) is 1.10. The van der Waals surface area contributed by atoms with E-state index in [1.54, 1.807) is 7.11 Å². The molecule has 0 aromatic heterocycles. The predicted octanol–water partition coefficient (Wildman–Crippen LogP) is 2.26. The molecule has 0 bridgehead atoms. The molecule has 4 heteroatoms. The second-order valence-electron chi connectivity index (χ2n) is 5.05. The van der Waals surface area contributed by atoms with Gasteiger partial charge in [0.1, 0.15) is 5.75 Å². The highest BCUT2D eigenvalue weighted by Gasteiger charge is 2.16. The number of rotatable bonds is 6. The Morgan fingerprint density at radius 1 is 1.21 bits per heavy atom. The van der Waals surface area contributed by atoms with Gasteiger partial charge in [-0.05, 0) is 45.4 Å². The lowest BCUT2D eigenvalue weighted by atomic mass is 10.1. The molecule has 0 saturated carbocycles. The lowest BCUT2D eigenvalue weighted by molar-refractivity contribution is -0.123. The summed E-state index contributed by atoms with van der Waals surface area (Å²) in [5.74, 6) is 0.843. The highest BCUT2D eigenvalue weighted by Crippen LogP contribution is 2.19. The van der Waals surface area contributed by atoms with Crippen LogP contribution in [0.25, 0.3) is 0 Å². The molecule has 0 fully saturated rings. The van der Waals surface area contributed by atoms with Crippen molar-refractivity contribution in [2.75, 3.05) is 7.11 Å². The summed E-state index contributed by atoms with van der Waals surface area (Å²) < 4.78 is 5.20. The second-order valence-corrected chi connectivity index (χ2v) is 5.05. The Hall–Kier alpha value is -1.55. The smallest absolute Gasteiger partial charge is 0.237 e. The van der Waals surface area contributed by atoms with E-state index in [4.69, 9.17) is 4.74 Å². The fourth-order valence-corrected chi connectivity index (χ4v) is 1.87. The zero-order chi connectivity index (χ0) is 14.4. The molecular weight excluding hydrogens is 240 g/mol. The first-order valence-electron chi connectivity index (χ1n) is 6.64. The third-order valence-corrected chi connectivity index (χ3v) is 2.92. The summed E-state index contributed by atoms with van der Waals surface area (Å²) in [6, 6.07) is 7.87. The molecule has 1 rings (SSSR count). The fraction of sp³-hybridized carbons (Fsp3) is 0.533. The van der Waals surface area contributed by atoms with Crippen LogP contribution in [0.5, 0.6) is 5.75 Å². The normalized spacial score (nSPS) is 14.0. The molecule has 2 N–H and O–H groups in total. The minimum atomic E-state index is -0.233. The van der Waals surface area contributed by atoms with Gasteiger partial charge in [-0.3, -0.25) is 10.1 Å². The average molecular weight is 264 g/mol. The van der Waals surface area contributed by atoms with Gasteiger partial charge in [0.05, 0.1) is 13.2 Å². The first kappa shape index (κ1) is 15.5. The molecule has 0 aliphatic carbocycles. The topological polar surface area (TPSA) is 50.4 Å². The summed E-state index contributed by atoms with van der Waals surface area (Å²) in [5, 5.41) is 6.18. The van der Waals surface area contributed by atoms with Gasteiger partial charge in [0, 0.05) is 12.1 Å². The van der Waals surface area contributed by atoms with Crippen molar-refractivity contribution in [1.29, 1.82) is 0 Å². The van der Waals surface area contributed by atoms with E-state index >= 15 is 0 Å². The Kier molecular flexibility index (Phi) is 5.83. The Balaban J connectivity index is 2.62. The molecular formula is C15H24N2O2. The van der Waals surface area contributed by atoms with Gasteiger partial charge in [0.15, 0.2) is 0 Å². The van der Waals surface area contributed by atoms with Gasteiger partial charge in [-0.15, -0.1) is 0 Å². The van der Waals surface area contributed by atoms with E-state index in [9.17, 15) is 4.79 Å². The molecule has 106 valence electrons. The van der Waals surface area contributed by atoms with Crippen molar-refractivity contribution in [2.45, 2.75) is 45.8 Å². The summed E-state index contributed by atoms with van der Waals surface area (Å²) in [6.45, 7) is 7.81. The SMILES string of the molecule is COc1cccc([C@@H](C)NC(C)C(=O)NC(C)C)c1. The number of methoxy groups -OCH3 is 1. The summed E-state index contributed by atoms with van der Waals surface area (Å²) in [7, 11) is 1.65. The van der Waals surface area contributed by atoms with Crippen molar-refractivity contribution in [3.05, 3.63) is 29.8 Å². The Morgan fingerprint density at radius 3 is 2.47 bits per heavy atom. The zero-order valence-corrected chi connectivity index (χ0v) is 12.4. The Bertz CT molecular complexity index is 418. The lowest BCUT2D eigenvalue weighted by Crippen LogP contribution is -2.45. The van der Waals surface area contributed by atoms with Gasteiger partial charge in [-0.2, -0.15) is 0 Å². The van der Waals surface area contributed by atoms with Crippen LogP contribution < -0.4 is 15.4 Å². The van der Waals surface area contributed by atoms with E-state index < -0.39 is 0 Å². The number of carbonyl (C=O) groups excluding carboxylic acids is 1. The third-order valence-electron chi connectivity index (χ3n) is 2.92. The number of ether oxygens (including phenoxy) is 1. The predicted molar refractivity (Wildman–Crippen MR) is 77.3 cm³/mol. The van der Waals surface area contributed by atoms with Crippen LogP contribution in [0, 0.1) is 0 Å². The molecule has 0 aliphatic heterocycles. The summed E-state index contributed by atoms with van der Waals surface area (Å²) in [6.07, 6.45) is 0. The standard InChI is InChI=1S/C15H24N2O2/c1-10(2)16-15(18)12(4)17-11(3)13-7-6-8-14(9-13)19-5/h6-12,17H,1-5H3,(H,16,18)/t11-,12?/m1/s1. The first-order valence-corrected chi connectivity index (χ1v) is 6.64. The fourth-order valence-electron chi connectivity index (χ4n) is 1.87. The number of hydrogen-bond acceptors (Lipinski definition) is 3. The highest BCUT2D eigenvalue weighted by molar-refractivity contribution is 5.81. The molecule has 1 unspecified atom stereocenters. The van der Waals surface area contributed by atoms with E-state index in [1.807, 2.05) is 52.0 Å². The van der Waals surface area contributed by atoms with Crippen LogP contribution in [-0.2, 0) is 4.79 Å². The van der Waals surface area contributed by atoms with Crippen LogP contribution in [0.3, 0.4) is 0 Å². The molecule has 2 atom stereocenters. The quantitative estimate of drug-likeness (QED) is 0.828. The highest BCUT2D eigenvalue weighted by atomic mass is 16.5. The zero-order valence-electron chi connectivity index (χ0n) is 12.4. The van der Waals surface area contributed by atoms with Crippen LogP contribution in [0.2, 0.25) is 0 Å². The van der Waals surface area contributed by atoms with Crippen molar-refractivity contribution < 1.29 is 9.53 Å². The van der Waals surface area contributed by atoms with Gasteiger partial charge in [-0.1, -0.05) is 12.1 Å². The van der Waals surface area contributed by atoms with Crippen LogP contribution in [-0.4, -0.2) is 25.1 Å². The van der Waals surface area contributed by atoms with Crippen molar-refractivity contribution in [1.82, 2.24) is 10.6 Å². The van der Waals surface area contributed by atoms with Crippen LogP contribution >= 0.6 is 0 Å². The average Bonchev–Trinajstić information content (AvgIpc) is 2.37. The second kappa shape index (κ2) is 7.14. The first-order chi connectivity index (χ1) is 8.93. The van der Waals surface area contributed by atoms with E-state index in [1.165, 1.54) is 0 Å². The number of hydrogen-bond donors (Lipinski definition) is 2. The van der Waals surface area contributed by atoms with Crippen molar-refractivity contribution in [3.8, 4) is 5.75 Å². The Morgan fingerprint density at radius 2 is 1.89 bits per heavy atom. The largest absolute Gasteiger partial charge is 0.497 e. The minimum absolute atomic E-state index is 0.0183. The molecule has 0 radical (unpaired) electrons. The van der Waals surface area contributed by atoms with Crippen molar-refractivity contribution in [2.24, 2.45) is 0 Å². The number of carbonyl (C=O) groups is 1. The molecule has 1 aromatic carbocycles. The van der Waals surface area contributed by atoms with E-state index in [2.05, 4.69) is 10.6 Å². The van der Waals surface area contributed by atoms with Crippen LogP contribution in [0.1, 0.15) is 39.3 Å². The van der Waals surface area contributed by atoms with E-state index in [-0.39, 0.29) is 24.0 Å². The molecule has 0 heterocycles.